The lowest BCUT2D eigenvalue weighted by Gasteiger charge is -2.27. The van der Waals surface area contributed by atoms with Crippen molar-refractivity contribution in [1.29, 1.82) is 0 Å². The summed E-state index contributed by atoms with van der Waals surface area (Å²) in [5, 5.41) is 3.08. The van der Waals surface area contributed by atoms with E-state index in [2.05, 4.69) is 31.1 Å². The first-order valence-electron chi connectivity index (χ1n) is 7.32. The molecule has 0 saturated carbocycles. The lowest BCUT2D eigenvalue weighted by Crippen LogP contribution is -2.32. The summed E-state index contributed by atoms with van der Waals surface area (Å²) < 4.78 is 27.1. The summed E-state index contributed by atoms with van der Waals surface area (Å²) in [6.07, 6.45) is 3.05. The maximum absolute atomic E-state index is 13.8. The Labute approximate surface area is 121 Å². The molecule has 0 aliphatic heterocycles. The van der Waals surface area contributed by atoms with Crippen LogP contribution in [-0.2, 0) is 0 Å². The number of hydrogen-bond acceptors (Lipinski definition) is 2. The minimum Gasteiger partial charge on any atom is -0.313 e. The third-order valence-electron chi connectivity index (χ3n) is 3.93. The van der Waals surface area contributed by atoms with Gasteiger partial charge in [-0.1, -0.05) is 25.5 Å². The Morgan fingerprint density at radius 3 is 2.55 bits per heavy atom. The number of hydrogen-bond donors (Lipinski definition) is 1. The van der Waals surface area contributed by atoms with E-state index in [9.17, 15) is 8.78 Å². The van der Waals surface area contributed by atoms with Gasteiger partial charge in [0.15, 0.2) is 11.6 Å². The quantitative estimate of drug-likeness (QED) is 0.782. The second-order valence-corrected chi connectivity index (χ2v) is 5.39. The number of nitrogens with one attached hydrogen (secondary N) is 1. The van der Waals surface area contributed by atoms with Crippen molar-refractivity contribution in [3.05, 3.63) is 35.4 Å². The topological polar surface area (TPSA) is 15.3 Å². The molecular weight excluding hydrogens is 258 g/mol. The van der Waals surface area contributed by atoms with Gasteiger partial charge in [-0.2, -0.15) is 0 Å². The van der Waals surface area contributed by atoms with Crippen molar-refractivity contribution in [2.24, 2.45) is 0 Å². The Bertz CT molecular complexity index is 409. The third kappa shape index (κ3) is 4.53. The summed E-state index contributed by atoms with van der Waals surface area (Å²) in [6.45, 7) is 5.21. The molecule has 2 atom stereocenters. The van der Waals surface area contributed by atoms with Crippen LogP contribution in [0.1, 0.15) is 44.7 Å². The van der Waals surface area contributed by atoms with Crippen molar-refractivity contribution in [3.63, 3.8) is 0 Å². The van der Waals surface area contributed by atoms with Crippen LogP contribution in [0.5, 0.6) is 0 Å². The fourth-order valence-corrected chi connectivity index (χ4v) is 2.44. The zero-order valence-corrected chi connectivity index (χ0v) is 12.9. The molecule has 0 aromatic heterocycles. The minimum atomic E-state index is -0.782. The zero-order chi connectivity index (χ0) is 15.1. The smallest absolute Gasteiger partial charge is 0.163 e. The first-order chi connectivity index (χ1) is 9.51. The maximum Gasteiger partial charge on any atom is 0.163 e. The van der Waals surface area contributed by atoms with Crippen molar-refractivity contribution in [2.45, 2.75) is 45.2 Å². The van der Waals surface area contributed by atoms with E-state index < -0.39 is 11.6 Å². The van der Waals surface area contributed by atoms with Gasteiger partial charge in [-0.05, 0) is 46.5 Å². The number of rotatable bonds is 8. The molecule has 1 rings (SSSR count). The van der Waals surface area contributed by atoms with Gasteiger partial charge in [-0.15, -0.1) is 0 Å². The van der Waals surface area contributed by atoms with Gasteiger partial charge >= 0.3 is 0 Å². The third-order valence-corrected chi connectivity index (χ3v) is 3.93. The summed E-state index contributed by atoms with van der Waals surface area (Å²) in [5.41, 5.74) is 0.407. The fraction of sp³-hybridized carbons (Fsp3) is 0.625. The Hall–Kier alpha value is -1.00. The highest BCUT2D eigenvalue weighted by Gasteiger charge is 2.18. The van der Waals surface area contributed by atoms with Gasteiger partial charge < -0.3 is 10.2 Å². The summed E-state index contributed by atoms with van der Waals surface area (Å²) >= 11 is 0. The maximum atomic E-state index is 13.8. The Morgan fingerprint density at radius 2 is 1.95 bits per heavy atom. The van der Waals surface area contributed by atoms with E-state index in [0.29, 0.717) is 11.6 Å². The molecule has 0 aliphatic carbocycles. The van der Waals surface area contributed by atoms with Crippen LogP contribution < -0.4 is 5.32 Å². The lowest BCUT2D eigenvalue weighted by molar-refractivity contribution is 0.232. The van der Waals surface area contributed by atoms with Crippen molar-refractivity contribution >= 4 is 0 Å². The van der Waals surface area contributed by atoms with Gasteiger partial charge in [0.25, 0.3) is 0 Å². The number of benzene rings is 1. The van der Waals surface area contributed by atoms with E-state index in [1.54, 1.807) is 19.2 Å². The summed E-state index contributed by atoms with van der Waals surface area (Å²) in [5.74, 6) is -1.52. The van der Waals surface area contributed by atoms with E-state index in [1.807, 2.05) is 0 Å². The minimum absolute atomic E-state index is 0.165. The van der Waals surface area contributed by atoms with E-state index in [0.717, 1.165) is 31.9 Å². The van der Waals surface area contributed by atoms with Crippen LogP contribution in [0.25, 0.3) is 0 Å². The van der Waals surface area contributed by atoms with Crippen LogP contribution in [0, 0.1) is 11.6 Å². The predicted octanol–water partition coefficient (Wildman–Crippen LogP) is 3.74. The average molecular weight is 284 g/mol. The highest BCUT2D eigenvalue weighted by Crippen LogP contribution is 2.22. The standard InChI is InChI=1S/C16H26F2N2/c1-5-7-12(2)20(4)11-10-15(19-3)13-8-6-9-14(17)16(13)18/h6,8-9,12,15,19H,5,7,10-11H2,1-4H3. The fourth-order valence-electron chi connectivity index (χ4n) is 2.44. The van der Waals surface area contributed by atoms with E-state index in [-0.39, 0.29) is 6.04 Å². The molecule has 0 bridgehead atoms. The van der Waals surface area contributed by atoms with Crippen molar-refractivity contribution in [2.75, 3.05) is 20.6 Å². The highest BCUT2D eigenvalue weighted by molar-refractivity contribution is 5.22. The first-order valence-corrected chi connectivity index (χ1v) is 7.32. The second kappa shape index (κ2) is 8.32. The molecular formula is C16H26F2N2. The monoisotopic (exact) mass is 284 g/mol. The average Bonchev–Trinajstić information content (AvgIpc) is 2.43. The molecule has 114 valence electrons. The first kappa shape index (κ1) is 17.1. The van der Waals surface area contributed by atoms with Gasteiger partial charge in [-0.3, -0.25) is 0 Å². The molecule has 0 spiro atoms. The molecule has 4 heteroatoms. The molecule has 0 radical (unpaired) electrons. The normalized spacial score (nSPS) is 14.6. The summed E-state index contributed by atoms with van der Waals surface area (Å²) in [4.78, 5) is 2.27. The van der Waals surface area contributed by atoms with Gasteiger partial charge in [0.05, 0.1) is 0 Å². The molecule has 0 amide bonds. The van der Waals surface area contributed by atoms with Crippen molar-refractivity contribution < 1.29 is 8.78 Å². The Balaban J connectivity index is 2.66. The van der Waals surface area contributed by atoms with Crippen LogP contribution in [0.2, 0.25) is 0 Å². The number of nitrogens with zero attached hydrogens (tertiary/aromatic N) is 1. The van der Waals surface area contributed by atoms with Crippen LogP contribution >= 0.6 is 0 Å². The SMILES string of the molecule is CCCC(C)N(C)CCC(NC)c1cccc(F)c1F. The zero-order valence-electron chi connectivity index (χ0n) is 12.9. The molecule has 0 saturated heterocycles. The molecule has 0 aliphatic rings. The molecule has 2 unspecified atom stereocenters. The molecule has 1 aromatic rings. The van der Waals surface area contributed by atoms with Gasteiger partial charge in [0.2, 0.25) is 0 Å². The van der Waals surface area contributed by atoms with Crippen molar-refractivity contribution in [1.82, 2.24) is 10.2 Å². The highest BCUT2D eigenvalue weighted by atomic mass is 19.2. The molecule has 0 fully saturated rings. The molecule has 1 N–H and O–H groups in total. The van der Waals surface area contributed by atoms with Gasteiger partial charge in [-0.25, -0.2) is 8.78 Å². The largest absolute Gasteiger partial charge is 0.313 e. The Morgan fingerprint density at radius 1 is 1.25 bits per heavy atom. The summed E-state index contributed by atoms with van der Waals surface area (Å²) in [6, 6.07) is 4.70. The van der Waals surface area contributed by atoms with Crippen molar-refractivity contribution in [3.8, 4) is 0 Å². The lowest BCUT2D eigenvalue weighted by atomic mass is 10.0. The Kier molecular flexibility index (Phi) is 7.10. The van der Waals surface area contributed by atoms with Crippen LogP contribution in [-0.4, -0.2) is 31.6 Å². The van der Waals surface area contributed by atoms with Gasteiger partial charge in [0, 0.05) is 17.6 Å². The molecule has 20 heavy (non-hydrogen) atoms. The van der Waals surface area contributed by atoms with Crippen LogP contribution in [0.4, 0.5) is 8.78 Å². The molecule has 2 nitrogen and oxygen atoms in total. The van der Waals surface area contributed by atoms with E-state index >= 15 is 0 Å². The molecule has 0 heterocycles. The predicted molar refractivity (Wildman–Crippen MR) is 79.8 cm³/mol. The number of halogens is 2. The summed E-state index contributed by atoms with van der Waals surface area (Å²) in [7, 11) is 3.86. The second-order valence-electron chi connectivity index (χ2n) is 5.39. The van der Waals surface area contributed by atoms with Crippen LogP contribution in [0.3, 0.4) is 0 Å². The van der Waals surface area contributed by atoms with Crippen LogP contribution in [0.15, 0.2) is 18.2 Å². The van der Waals surface area contributed by atoms with E-state index in [4.69, 9.17) is 0 Å². The van der Waals surface area contributed by atoms with Gasteiger partial charge in [0.1, 0.15) is 0 Å². The molecule has 1 aromatic carbocycles. The van der Waals surface area contributed by atoms with E-state index in [1.165, 1.54) is 0 Å².